The van der Waals surface area contributed by atoms with E-state index in [2.05, 4.69) is 46.5 Å². The number of rotatable bonds is 2. The molecule has 0 unspecified atom stereocenters. The van der Waals surface area contributed by atoms with Crippen LogP contribution in [-0.4, -0.2) is 29.4 Å². The summed E-state index contributed by atoms with van der Waals surface area (Å²) >= 11 is 1.74. The van der Waals surface area contributed by atoms with Crippen molar-refractivity contribution in [3.8, 4) is 0 Å². The van der Waals surface area contributed by atoms with Crippen molar-refractivity contribution in [3.05, 3.63) is 35.9 Å². The van der Waals surface area contributed by atoms with Gasteiger partial charge in [-0.3, -0.25) is 4.99 Å². The molecule has 15 heavy (non-hydrogen) atoms. The van der Waals surface area contributed by atoms with Crippen LogP contribution in [0.3, 0.4) is 0 Å². The molecule has 0 radical (unpaired) electrons. The predicted molar refractivity (Wildman–Crippen MR) is 78.1 cm³/mol. The molecule has 2 nitrogen and oxygen atoms in total. The lowest BCUT2D eigenvalue weighted by molar-refractivity contribution is 0.459. The summed E-state index contributed by atoms with van der Waals surface area (Å²) in [6, 6.07) is 10.5. The van der Waals surface area contributed by atoms with E-state index in [4.69, 9.17) is 0 Å². The molecule has 0 fully saturated rings. The highest BCUT2D eigenvalue weighted by atomic mass is 127. The maximum absolute atomic E-state index is 4.44. The Balaban J connectivity index is 0.00000112. The van der Waals surface area contributed by atoms with Gasteiger partial charge in [0.05, 0.1) is 6.54 Å². The zero-order valence-electron chi connectivity index (χ0n) is 8.72. The van der Waals surface area contributed by atoms with Crippen molar-refractivity contribution in [2.75, 3.05) is 19.3 Å². The van der Waals surface area contributed by atoms with Gasteiger partial charge in [-0.05, 0) is 11.8 Å². The summed E-state index contributed by atoms with van der Waals surface area (Å²) in [5.74, 6) is 0. The number of benzene rings is 1. The smallest absolute Gasteiger partial charge is 0.159 e. The Morgan fingerprint density at radius 2 is 2.07 bits per heavy atom. The van der Waals surface area contributed by atoms with Crippen LogP contribution >= 0.6 is 35.7 Å². The second-order valence-corrected chi connectivity index (χ2v) is 4.05. The molecule has 82 valence electrons. The van der Waals surface area contributed by atoms with Crippen LogP contribution in [0.25, 0.3) is 0 Å². The maximum Gasteiger partial charge on any atom is 0.159 e. The normalized spacial score (nSPS) is 14.7. The van der Waals surface area contributed by atoms with Gasteiger partial charge in [0.2, 0.25) is 0 Å². The largest absolute Gasteiger partial charge is 0.345 e. The van der Waals surface area contributed by atoms with Gasteiger partial charge in [0.25, 0.3) is 0 Å². The van der Waals surface area contributed by atoms with Crippen molar-refractivity contribution in [2.45, 2.75) is 6.54 Å². The molecule has 1 aromatic carbocycles. The Kier molecular flexibility index (Phi) is 5.45. The highest BCUT2D eigenvalue weighted by molar-refractivity contribution is 14.0. The molecular formula is C11H15IN2S. The van der Waals surface area contributed by atoms with Gasteiger partial charge in [-0.15, -0.1) is 24.0 Å². The summed E-state index contributed by atoms with van der Waals surface area (Å²) in [5, 5.41) is 1.17. The molecule has 0 atom stereocenters. The molecule has 0 saturated carbocycles. The fourth-order valence-corrected chi connectivity index (χ4v) is 2.24. The minimum Gasteiger partial charge on any atom is -0.345 e. The average Bonchev–Trinajstić information content (AvgIpc) is 2.67. The van der Waals surface area contributed by atoms with E-state index in [1.54, 1.807) is 11.8 Å². The first-order chi connectivity index (χ1) is 6.90. The Morgan fingerprint density at radius 1 is 1.33 bits per heavy atom. The lowest BCUT2D eigenvalue weighted by Crippen LogP contribution is -2.24. The molecule has 4 heteroatoms. The van der Waals surface area contributed by atoms with Crippen molar-refractivity contribution < 1.29 is 0 Å². The van der Waals surface area contributed by atoms with Gasteiger partial charge in [-0.25, -0.2) is 0 Å². The third-order valence-electron chi connectivity index (χ3n) is 2.29. The van der Waals surface area contributed by atoms with Crippen LogP contribution in [-0.2, 0) is 6.54 Å². The molecule has 0 spiro atoms. The topological polar surface area (TPSA) is 15.6 Å². The fourth-order valence-electron chi connectivity index (χ4n) is 1.61. The lowest BCUT2D eigenvalue weighted by Gasteiger charge is -2.18. The van der Waals surface area contributed by atoms with E-state index in [0.717, 1.165) is 19.6 Å². The quantitative estimate of drug-likeness (QED) is 0.773. The number of thioether (sulfide) groups is 1. The molecule has 0 N–H and O–H groups in total. The first-order valence-electron chi connectivity index (χ1n) is 4.77. The summed E-state index contributed by atoms with van der Waals surface area (Å²) in [4.78, 5) is 6.77. The summed E-state index contributed by atoms with van der Waals surface area (Å²) in [7, 11) is 0. The van der Waals surface area contributed by atoms with Gasteiger partial charge in [-0.2, -0.15) is 0 Å². The van der Waals surface area contributed by atoms with E-state index in [1.807, 2.05) is 0 Å². The van der Waals surface area contributed by atoms with E-state index in [0.29, 0.717) is 0 Å². The van der Waals surface area contributed by atoms with Crippen molar-refractivity contribution in [3.63, 3.8) is 0 Å². The first kappa shape index (κ1) is 12.8. The molecule has 0 bridgehead atoms. The predicted octanol–water partition coefficient (Wildman–Crippen LogP) is 2.84. The minimum absolute atomic E-state index is 0. The van der Waals surface area contributed by atoms with E-state index in [1.165, 1.54) is 10.7 Å². The maximum atomic E-state index is 4.44. The molecular weight excluding hydrogens is 319 g/mol. The molecule has 0 aliphatic carbocycles. The van der Waals surface area contributed by atoms with E-state index in [-0.39, 0.29) is 24.0 Å². The molecule has 1 heterocycles. The van der Waals surface area contributed by atoms with Gasteiger partial charge < -0.3 is 4.90 Å². The standard InChI is InChI=1S/C11H14N2S.HI/c1-14-11-12-7-8-13(11)9-10-5-3-2-4-6-10;/h2-6H,7-9H2,1H3;1H. The third-order valence-corrected chi connectivity index (χ3v) is 3.04. The first-order valence-corrected chi connectivity index (χ1v) is 6.00. The van der Waals surface area contributed by atoms with Crippen LogP contribution in [0.2, 0.25) is 0 Å². The van der Waals surface area contributed by atoms with Gasteiger partial charge in [0.1, 0.15) is 0 Å². The molecule has 1 aliphatic rings. The number of hydrogen-bond acceptors (Lipinski definition) is 3. The van der Waals surface area contributed by atoms with E-state index < -0.39 is 0 Å². The summed E-state index contributed by atoms with van der Waals surface area (Å²) < 4.78 is 0. The van der Waals surface area contributed by atoms with Crippen LogP contribution < -0.4 is 0 Å². The van der Waals surface area contributed by atoms with E-state index >= 15 is 0 Å². The Bertz CT molecular complexity index is 327. The number of amidine groups is 1. The zero-order valence-corrected chi connectivity index (χ0v) is 11.9. The third kappa shape index (κ3) is 3.38. The van der Waals surface area contributed by atoms with Crippen molar-refractivity contribution in [1.29, 1.82) is 0 Å². The number of halogens is 1. The second-order valence-electron chi connectivity index (χ2n) is 3.28. The molecule has 0 saturated heterocycles. The molecule has 1 aliphatic heterocycles. The summed E-state index contributed by atoms with van der Waals surface area (Å²) in [5.41, 5.74) is 1.36. The molecule has 0 aromatic heterocycles. The second kappa shape index (κ2) is 6.37. The van der Waals surface area contributed by atoms with Crippen LogP contribution in [0.5, 0.6) is 0 Å². The Hall–Kier alpha value is -0.230. The van der Waals surface area contributed by atoms with Gasteiger partial charge in [-0.1, -0.05) is 42.1 Å². The van der Waals surface area contributed by atoms with Crippen LogP contribution in [0.1, 0.15) is 5.56 Å². The minimum atomic E-state index is 0. The molecule has 1 aromatic rings. The Labute approximate surface area is 112 Å². The van der Waals surface area contributed by atoms with Crippen molar-refractivity contribution in [2.24, 2.45) is 4.99 Å². The number of aliphatic imine (C=N–C) groups is 1. The van der Waals surface area contributed by atoms with Gasteiger partial charge >= 0.3 is 0 Å². The average molecular weight is 334 g/mol. The van der Waals surface area contributed by atoms with Crippen LogP contribution in [0, 0.1) is 0 Å². The molecule has 2 rings (SSSR count). The zero-order chi connectivity index (χ0) is 9.80. The monoisotopic (exact) mass is 334 g/mol. The van der Waals surface area contributed by atoms with Crippen LogP contribution in [0.4, 0.5) is 0 Å². The van der Waals surface area contributed by atoms with Gasteiger partial charge in [0, 0.05) is 13.1 Å². The van der Waals surface area contributed by atoms with E-state index in [9.17, 15) is 0 Å². The summed E-state index contributed by atoms with van der Waals surface area (Å²) in [6.07, 6.45) is 2.09. The highest BCUT2D eigenvalue weighted by Crippen LogP contribution is 2.14. The van der Waals surface area contributed by atoms with Crippen molar-refractivity contribution >= 4 is 40.9 Å². The van der Waals surface area contributed by atoms with Crippen LogP contribution in [0.15, 0.2) is 35.3 Å². The number of nitrogens with zero attached hydrogens (tertiary/aromatic N) is 2. The lowest BCUT2D eigenvalue weighted by atomic mass is 10.2. The Morgan fingerprint density at radius 3 is 2.73 bits per heavy atom. The van der Waals surface area contributed by atoms with Gasteiger partial charge in [0.15, 0.2) is 5.17 Å². The van der Waals surface area contributed by atoms with Crippen molar-refractivity contribution in [1.82, 2.24) is 4.90 Å². The summed E-state index contributed by atoms with van der Waals surface area (Å²) in [6.45, 7) is 2.99. The molecule has 0 amide bonds. The number of hydrogen-bond donors (Lipinski definition) is 0. The highest BCUT2D eigenvalue weighted by Gasteiger charge is 2.15. The fraction of sp³-hybridized carbons (Fsp3) is 0.364. The SMILES string of the molecule is CSC1=NCCN1Cc1ccccc1.I.